The second-order valence-corrected chi connectivity index (χ2v) is 10.4. The Morgan fingerprint density at radius 2 is 1.69 bits per heavy atom. The molecule has 0 spiro atoms. The van der Waals surface area contributed by atoms with E-state index in [1.54, 1.807) is 6.92 Å². The molecular formula is C25H31N5O4S. The Hall–Kier alpha value is -3.21. The third kappa shape index (κ3) is 6.08. The number of aromatic nitrogens is 1. The maximum absolute atomic E-state index is 12.6. The van der Waals surface area contributed by atoms with Gasteiger partial charge in [0.1, 0.15) is 10.6 Å². The van der Waals surface area contributed by atoms with Crippen molar-refractivity contribution in [3.8, 4) is 0 Å². The van der Waals surface area contributed by atoms with E-state index in [9.17, 15) is 13.2 Å². The molecule has 0 bridgehead atoms. The van der Waals surface area contributed by atoms with Gasteiger partial charge >= 0.3 is 0 Å². The van der Waals surface area contributed by atoms with Gasteiger partial charge in [-0.25, -0.2) is 8.42 Å². The lowest BCUT2D eigenvalue weighted by Gasteiger charge is -2.36. The fourth-order valence-electron chi connectivity index (χ4n) is 4.22. The number of nitrogens with zero attached hydrogens (tertiary/aromatic N) is 3. The number of nitrogens with one attached hydrogen (secondary N) is 2. The fraction of sp³-hybridized carbons (Fsp3) is 0.360. The average Bonchev–Trinajstić information content (AvgIpc) is 3.19. The van der Waals surface area contributed by atoms with E-state index in [4.69, 9.17) is 4.52 Å². The van der Waals surface area contributed by atoms with Crippen LogP contribution in [0.5, 0.6) is 0 Å². The number of carbonyl (C=O) groups excluding carboxylic acids is 1. The molecule has 1 aliphatic rings. The highest BCUT2D eigenvalue weighted by atomic mass is 32.2. The number of hydrogen-bond acceptors (Lipinski definition) is 7. The predicted molar refractivity (Wildman–Crippen MR) is 135 cm³/mol. The van der Waals surface area contributed by atoms with Gasteiger partial charge in [0.15, 0.2) is 5.76 Å². The Balaban J connectivity index is 1.29. The van der Waals surface area contributed by atoms with Crippen LogP contribution in [0, 0.1) is 13.8 Å². The first-order valence-corrected chi connectivity index (χ1v) is 13.1. The van der Waals surface area contributed by atoms with Crippen molar-refractivity contribution in [3.63, 3.8) is 0 Å². The third-order valence-electron chi connectivity index (χ3n) is 6.08. The Morgan fingerprint density at radius 1 is 1.03 bits per heavy atom. The van der Waals surface area contributed by atoms with Crippen molar-refractivity contribution in [2.45, 2.75) is 38.3 Å². The molecule has 1 amide bonds. The highest BCUT2D eigenvalue weighted by molar-refractivity contribution is 7.89. The molecule has 4 rings (SSSR count). The molecule has 10 heteroatoms. The van der Waals surface area contributed by atoms with Crippen LogP contribution >= 0.6 is 0 Å². The highest BCUT2D eigenvalue weighted by Gasteiger charge is 2.28. The summed E-state index contributed by atoms with van der Waals surface area (Å²) in [5.41, 5.74) is 3.27. The van der Waals surface area contributed by atoms with Gasteiger partial charge in [-0.3, -0.25) is 9.69 Å². The minimum Gasteiger partial charge on any atom is -0.369 e. The number of carbonyl (C=O) groups is 1. The fourth-order valence-corrected chi connectivity index (χ4v) is 5.75. The minimum absolute atomic E-state index is 0.0367. The summed E-state index contributed by atoms with van der Waals surface area (Å²) in [6, 6.07) is 17.1. The number of aryl methyl sites for hydroxylation is 2. The average molecular weight is 498 g/mol. The lowest BCUT2D eigenvalue weighted by Crippen LogP contribution is -2.45. The summed E-state index contributed by atoms with van der Waals surface area (Å²) in [6.45, 7) is 9.33. The maximum atomic E-state index is 12.6. The molecule has 9 nitrogen and oxygen atoms in total. The second kappa shape index (κ2) is 10.6. The Labute approximate surface area is 206 Å². The molecule has 1 aliphatic heterocycles. The van der Waals surface area contributed by atoms with Gasteiger partial charge in [-0.2, -0.15) is 4.72 Å². The summed E-state index contributed by atoms with van der Waals surface area (Å²) in [5, 5.41) is 6.44. The van der Waals surface area contributed by atoms with E-state index >= 15 is 0 Å². The molecule has 1 fully saturated rings. The number of rotatable bonds is 8. The van der Waals surface area contributed by atoms with Crippen LogP contribution in [0.3, 0.4) is 0 Å². The van der Waals surface area contributed by atoms with E-state index < -0.39 is 22.0 Å². The normalized spacial score (nSPS) is 15.7. The zero-order chi connectivity index (χ0) is 25.0. The van der Waals surface area contributed by atoms with Gasteiger partial charge in [-0.1, -0.05) is 35.5 Å². The Bertz CT molecular complexity index is 1230. The number of anilines is 2. The summed E-state index contributed by atoms with van der Waals surface area (Å²) >= 11 is 0. The maximum Gasteiger partial charge on any atom is 0.246 e. The first-order chi connectivity index (χ1) is 16.7. The van der Waals surface area contributed by atoms with Gasteiger partial charge < -0.3 is 14.7 Å². The predicted octanol–water partition coefficient (Wildman–Crippen LogP) is 2.92. The molecule has 3 aromatic rings. The van der Waals surface area contributed by atoms with Crippen LogP contribution in [0.1, 0.15) is 23.9 Å². The molecule has 1 saturated heterocycles. The van der Waals surface area contributed by atoms with Gasteiger partial charge in [0.05, 0.1) is 6.04 Å². The smallest absolute Gasteiger partial charge is 0.246 e. The summed E-state index contributed by atoms with van der Waals surface area (Å²) in [7, 11) is -3.94. The Kier molecular flexibility index (Phi) is 7.54. The van der Waals surface area contributed by atoms with Crippen LogP contribution in [0.25, 0.3) is 0 Å². The first-order valence-electron chi connectivity index (χ1n) is 11.6. The molecule has 1 aromatic heterocycles. The van der Waals surface area contributed by atoms with Gasteiger partial charge in [0.25, 0.3) is 0 Å². The molecular weight excluding hydrogens is 466 g/mol. The number of piperazine rings is 1. The summed E-state index contributed by atoms with van der Waals surface area (Å²) in [5.74, 6) is -0.276. The lowest BCUT2D eigenvalue weighted by molar-refractivity contribution is -0.117. The van der Waals surface area contributed by atoms with Crippen LogP contribution in [-0.2, 0) is 21.4 Å². The quantitative estimate of drug-likeness (QED) is 0.493. The van der Waals surface area contributed by atoms with Gasteiger partial charge in [-0.05, 0) is 50.6 Å². The van der Waals surface area contributed by atoms with Crippen molar-refractivity contribution in [1.82, 2.24) is 14.8 Å². The van der Waals surface area contributed by atoms with Crippen molar-refractivity contribution >= 4 is 27.3 Å². The van der Waals surface area contributed by atoms with Gasteiger partial charge in [0.2, 0.25) is 15.9 Å². The SMILES string of the molecule is Cc1noc(C)c1S(=O)(=O)N[C@H](C)C(=O)Nc1ccc(N2CCN(Cc3ccccc3)CC2)cc1. The molecule has 35 heavy (non-hydrogen) atoms. The zero-order valence-corrected chi connectivity index (χ0v) is 21.0. The molecule has 186 valence electrons. The summed E-state index contributed by atoms with van der Waals surface area (Å²) in [6.07, 6.45) is 0. The van der Waals surface area contributed by atoms with Crippen molar-refractivity contribution in [2.75, 3.05) is 36.4 Å². The lowest BCUT2D eigenvalue weighted by atomic mass is 10.2. The standard InChI is InChI=1S/C25H31N5O4S/c1-18-24(20(3)34-27-18)35(32,33)28-19(2)25(31)26-22-9-11-23(12-10-22)30-15-13-29(14-16-30)17-21-7-5-4-6-8-21/h4-12,19,28H,13-17H2,1-3H3,(H,26,31)/t19-/m1/s1. The van der Waals surface area contributed by atoms with Crippen molar-refractivity contribution in [2.24, 2.45) is 0 Å². The summed E-state index contributed by atoms with van der Waals surface area (Å²) < 4.78 is 32.6. The van der Waals surface area contributed by atoms with E-state index in [0.29, 0.717) is 5.69 Å². The first kappa shape index (κ1) is 24.9. The number of amides is 1. The van der Waals surface area contributed by atoms with Gasteiger partial charge in [-0.15, -0.1) is 0 Å². The van der Waals surface area contributed by atoms with E-state index in [0.717, 1.165) is 38.4 Å². The van der Waals surface area contributed by atoms with E-state index in [2.05, 4.69) is 49.3 Å². The minimum atomic E-state index is -3.94. The van der Waals surface area contributed by atoms with E-state index in [1.165, 1.54) is 19.4 Å². The highest BCUT2D eigenvalue weighted by Crippen LogP contribution is 2.21. The van der Waals surface area contributed by atoms with E-state index in [1.807, 2.05) is 30.3 Å². The molecule has 1 atom stereocenters. The summed E-state index contributed by atoms with van der Waals surface area (Å²) in [4.78, 5) is 17.3. The van der Waals surface area contributed by atoms with Crippen molar-refractivity contribution in [3.05, 3.63) is 71.6 Å². The van der Waals surface area contributed by atoms with Crippen molar-refractivity contribution in [1.29, 1.82) is 0 Å². The van der Waals surface area contributed by atoms with E-state index in [-0.39, 0.29) is 16.3 Å². The molecule has 0 saturated carbocycles. The zero-order valence-electron chi connectivity index (χ0n) is 20.2. The van der Waals surface area contributed by atoms with Crippen LogP contribution in [-0.4, -0.2) is 56.6 Å². The van der Waals surface area contributed by atoms with Crippen LogP contribution in [0.2, 0.25) is 0 Å². The Morgan fingerprint density at radius 3 is 2.29 bits per heavy atom. The van der Waals surface area contributed by atoms with Gasteiger partial charge in [0, 0.05) is 44.1 Å². The molecule has 2 aromatic carbocycles. The monoisotopic (exact) mass is 497 g/mol. The second-order valence-electron chi connectivity index (χ2n) is 8.78. The molecule has 0 unspecified atom stereocenters. The van der Waals surface area contributed by atoms with Crippen LogP contribution in [0.4, 0.5) is 11.4 Å². The third-order valence-corrected chi connectivity index (χ3v) is 7.87. The molecule has 0 radical (unpaired) electrons. The van der Waals surface area contributed by atoms with Crippen LogP contribution in [0.15, 0.2) is 64.0 Å². The molecule has 2 N–H and O–H groups in total. The number of sulfonamides is 1. The largest absolute Gasteiger partial charge is 0.369 e. The number of hydrogen-bond donors (Lipinski definition) is 2. The van der Waals surface area contributed by atoms with Crippen molar-refractivity contribution < 1.29 is 17.7 Å². The molecule has 0 aliphatic carbocycles. The molecule has 2 heterocycles. The van der Waals surface area contributed by atoms with Crippen LogP contribution < -0.4 is 14.9 Å². The topological polar surface area (TPSA) is 108 Å². The number of benzene rings is 2.